The largest absolute Gasteiger partial charge is 0.385 e. The maximum absolute atomic E-state index is 5.68. The fraction of sp³-hybridized carbons (Fsp3) is 1.00. The molecule has 0 radical (unpaired) electrons. The molecule has 0 aromatic heterocycles. The average molecular weight is 202 g/mol. The summed E-state index contributed by atoms with van der Waals surface area (Å²) in [7, 11) is 1.72. The number of ether oxygens (including phenoxy) is 2. The maximum Gasteiger partial charge on any atom is 0.0741 e. The van der Waals surface area contributed by atoms with Crippen LogP contribution in [0.3, 0.4) is 0 Å². The van der Waals surface area contributed by atoms with Gasteiger partial charge in [0.2, 0.25) is 0 Å². The lowest BCUT2D eigenvalue weighted by molar-refractivity contribution is -0.0108. The minimum absolute atomic E-state index is 0.283. The van der Waals surface area contributed by atoms with Crippen LogP contribution in [-0.2, 0) is 9.47 Å². The highest BCUT2D eigenvalue weighted by atomic mass is 16.5. The summed E-state index contributed by atoms with van der Waals surface area (Å²) >= 11 is 0. The van der Waals surface area contributed by atoms with Crippen LogP contribution in [0.5, 0.6) is 0 Å². The van der Waals surface area contributed by atoms with Crippen LogP contribution in [0.15, 0.2) is 0 Å². The third-order valence-electron chi connectivity index (χ3n) is 2.74. The van der Waals surface area contributed by atoms with E-state index in [1.165, 1.54) is 12.8 Å². The van der Waals surface area contributed by atoms with Crippen LogP contribution in [0.1, 0.15) is 32.1 Å². The molecule has 1 aliphatic rings. The summed E-state index contributed by atoms with van der Waals surface area (Å²) in [4.78, 5) is 0. The van der Waals surface area contributed by atoms with Crippen molar-refractivity contribution in [3.8, 4) is 0 Å². The fourth-order valence-electron chi connectivity index (χ4n) is 1.91. The molecule has 0 aromatic rings. The number of nitrogens with one attached hydrogen (secondary N) is 1. The van der Waals surface area contributed by atoms with Gasteiger partial charge in [0.15, 0.2) is 0 Å². The summed E-state index contributed by atoms with van der Waals surface area (Å²) in [6.07, 6.45) is 5.92. The first kappa shape index (κ1) is 11.9. The van der Waals surface area contributed by atoms with Gasteiger partial charge in [-0.05, 0) is 32.1 Å². The summed E-state index contributed by atoms with van der Waals surface area (Å²) in [5.74, 6) is 5.52. The van der Waals surface area contributed by atoms with Crippen molar-refractivity contribution < 1.29 is 9.47 Å². The topological polar surface area (TPSA) is 56.5 Å². The van der Waals surface area contributed by atoms with Crippen molar-refractivity contribution in [3.05, 3.63) is 0 Å². The molecule has 0 aliphatic carbocycles. The molecule has 1 heterocycles. The maximum atomic E-state index is 5.68. The van der Waals surface area contributed by atoms with Gasteiger partial charge in [-0.25, -0.2) is 0 Å². The second kappa shape index (κ2) is 7.17. The van der Waals surface area contributed by atoms with E-state index < -0.39 is 0 Å². The molecule has 4 nitrogen and oxygen atoms in total. The molecular weight excluding hydrogens is 180 g/mol. The standard InChI is InChI=1S/C10H22N2O2/c1-13-7-4-5-9(12-11)10-6-2-3-8-14-10/h9-10,12H,2-8,11H2,1H3. The van der Waals surface area contributed by atoms with Crippen LogP contribution in [0.2, 0.25) is 0 Å². The Balaban J connectivity index is 2.21. The Morgan fingerprint density at radius 3 is 3.00 bits per heavy atom. The van der Waals surface area contributed by atoms with E-state index in [1.807, 2.05) is 0 Å². The van der Waals surface area contributed by atoms with Gasteiger partial charge in [-0.1, -0.05) is 0 Å². The second-order valence-corrected chi connectivity index (χ2v) is 3.81. The normalized spacial score (nSPS) is 24.9. The van der Waals surface area contributed by atoms with Crippen molar-refractivity contribution in [3.63, 3.8) is 0 Å². The zero-order valence-corrected chi connectivity index (χ0v) is 9.00. The number of hydrazine groups is 1. The van der Waals surface area contributed by atoms with Crippen molar-refractivity contribution >= 4 is 0 Å². The van der Waals surface area contributed by atoms with E-state index >= 15 is 0 Å². The van der Waals surface area contributed by atoms with E-state index in [0.29, 0.717) is 6.10 Å². The van der Waals surface area contributed by atoms with E-state index in [2.05, 4.69) is 5.43 Å². The van der Waals surface area contributed by atoms with Gasteiger partial charge in [-0.3, -0.25) is 11.3 Å². The zero-order valence-electron chi connectivity index (χ0n) is 9.00. The minimum Gasteiger partial charge on any atom is -0.385 e. The average Bonchev–Trinajstić information content (AvgIpc) is 2.26. The summed E-state index contributed by atoms with van der Waals surface area (Å²) in [5, 5.41) is 0. The Kier molecular flexibility index (Phi) is 6.10. The second-order valence-electron chi connectivity index (χ2n) is 3.81. The summed E-state index contributed by atoms with van der Waals surface area (Å²) in [6, 6.07) is 0.283. The Morgan fingerprint density at radius 2 is 2.43 bits per heavy atom. The smallest absolute Gasteiger partial charge is 0.0741 e. The molecule has 0 aromatic carbocycles. The van der Waals surface area contributed by atoms with Crippen molar-refractivity contribution in [2.24, 2.45) is 5.84 Å². The molecule has 1 aliphatic heterocycles. The van der Waals surface area contributed by atoms with Gasteiger partial charge >= 0.3 is 0 Å². The summed E-state index contributed by atoms with van der Waals surface area (Å²) < 4.78 is 10.7. The van der Waals surface area contributed by atoms with E-state index in [0.717, 1.165) is 32.5 Å². The number of rotatable bonds is 6. The molecule has 0 bridgehead atoms. The highest BCUT2D eigenvalue weighted by Crippen LogP contribution is 2.18. The van der Waals surface area contributed by atoms with Gasteiger partial charge < -0.3 is 9.47 Å². The molecule has 14 heavy (non-hydrogen) atoms. The Bertz CT molecular complexity index is 138. The lowest BCUT2D eigenvalue weighted by atomic mass is 9.99. The van der Waals surface area contributed by atoms with Gasteiger partial charge in [-0.2, -0.15) is 0 Å². The van der Waals surface area contributed by atoms with Gasteiger partial charge in [0, 0.05) is 26.4 Å². The highest BCUT2D eigenvalue weighted by Gasteiger charge is 2.22. The molecule has 2 unspecified atom stereocenters. The van der Waals surface area contributed by atoms with Crippen molar-refractivity contribution in [1.82, 2.24) is 5.43 Å². The molecule has 0 amide bonds. The molecule has 4 heteroatoms. The van der Waals surface area contributed by atoms with Crippen molar-refractivity contribution in [1.29, 1.82) is 0 Å². The van der Waals surface area contributed by atoms with Gasteiger partial charge in [-0.15, -0.1) is 0 Å². The number of nitrogens with two attached hydrogens (primary N) is 1. The third-order valence-corrected chi connectivity index (χ3v) is 2.74. The first-order valence-corrected chi connectivity index (χ1v) is 5.45. The van der Waals surface area contributed by atoms with E-state index in [-0.39, 0.29) is 6.04 Å². The van der Waals surface area contributed by atoms with Crippen LogP contribution in [0.25, 0.3) is 0 Å². The Hall–Kier alpha value is -0.160. The van der Waals surface area contributed by atoms with Crippen LogP contribution < -0.4 is 11.3 Å². The molecule has 1 rings (SSSR count). The highest BCUT2D eigenvalue weighted by molar-refractivity contribution is 4.77. The van der Waals surface area contributed by atoms with Crippen molar-refractivity contribution in [2.45, 2.75) is 44.2 Å². The monoisotopic (exact) mass is 202 g/mol. The van der Waals surface area contributed by atoms with Crippen LogP contribution in [0.4, 0.5) is 0 Å². The third kappa shape index (κ3) is 3.92. The molecule has 1 saturated heterocycles. The predicted octanol–water partition coefficient (Wildman–Crippen LogP) is 0.814. The fourth-order valence-corrected chi connectivity index (χ4v) is 1.91. The first-order valence-electron chi connectivity index (χ1n) is 5.45. The number of hydrogen-bond acceptors (Lipinski definition) is 4. The van der Waals surface area contributed by atoms with Crippen molar-refractivity contribution in [2.75, 3.05) is 20.3 Å². The van der Waals surface area contributed by atoms with Gasteiger partial charge in [0.1, 0.15) is 0 Å². The lowest BCUT2D eigenvalue weighted by Gasteiger charge is -2.29. The van der Waals surface area contributed by atoms with Gasteiger partial charge in [0.05, 0.1) is 6.10 Å². The first-order chi connectivity index (χ1) is 6.88. The summed E-state index contributed by atoms with van der Waals surface area (Å²) in [6.45, 7) is 1.68. The predicted molar refractivity (Wildman–Crippen MR) is 55.8 cm³/mol. The molecular formula is C10H22N2O2. The Labute approximate surface area is 86.1 Å². The van der Waals surface area contributed by atoms with E-state index in [4.69, 9.17) is 15.3 Å². The molecule has 1 fully saturated rings. The quantitative estimate of drug-likeness (QED) is 0.380. The molecule has 0 saturated carbocycles. The summed E-state index contributed by atoms with van der Waals surface area (Å²) in [5.41, 5.74) is 2.85. The molecule has 2 atom stereocenters. The molecule has 3 N–H and O–H groups in total. The number of methoxy groups -OCH3 is 1. The lowest BCUT2D eigenvalue weighted by Crippen LogP contribution is -2.46. The van der Waals surface area contributed by atoms with Gasteiger partial charge in [0.25, 0.3) is 0 Å². The van der Waals surface area contributed by atoms with E-state index in [1.54, 1.807) is 7.11 Å². The van der Waals surface area contributed by atoms with Crippen LogP contribution >= 0.6 is 0 Å². The Morgan fingerprint density at radius 1 is 1.57 bits per heavy atom. The minimum atomic E-state index is 0.283. The SMILES string of the molecule is COCCCC(NN)C1CCCCO1. The molecule has 0 spiro atoms. The van der Waals surface area contributed by atoms with E-state index in [9.17, 15) is 0 Å². The van der Waals surface area contributed by atoms with Crippen LogP contribution in [-0.4, -0.2) is 32.5 Å². The van der Waals surface area contributed by atoms with Crippen LogP contribution in [0, 0.1) is 0 Å². The molecule has 84 valence electrons. The number of hydrogen-bond donors (Lipinski definition) is 2. The zero-order chi connectivity index (χ0) is 10.2.